The molecule has 0 aromatic heterocycles. The fourth-order valence-corrected chi connectivity index (χ4v) is 2.84. The molecule has 2 fully saturated rings. The van der Waals surface area contributed by atoms with Gasteiger partial charge in [0.2, 0.25) is 0 Å². The van der Waals surface area contributed by atoms with Gasteiger partial charge in [0.1, 0.15) is 30.5 Å². The average molecular weight is 316 g/mol. The molecule has 1 aliphatic heterocycles. The zero-order valence-electron chi connectivity index (χ0n) is 12.7. The summed E-state index contributed by atoms with van der Waals surface area (Å²) in [4.78, 5) is 33.1. The lowest BCUT2D eigenvalue weighted by Crippen LogP contribution is -2.56. The van der Waals surface area contributed by atoms with Gasteiger partial charge in [0.05, 0.1) is 6.61 Å². The molecule has 0 aromatic rings. The highest BCUT2D eigenvalue weighted by molar-refractivity contribution is 5.67. The molecule has 1 N–H and O–H groups in total. The topological polar surface area (TPSA) is 112 Å². The predicted molar refractivity (Wildman–Crippen MR) is 70.5 cm³/mol. The fraction of sp³-hybridized carbons (Fsp3) is 0.786. The molecule has 8 heteroatoms. The minimum absolute atomic E-state index is 0.0720. The summed E-state index contributed by atoms with van der Waals surface area (Å²) in [5, 5.41) is 10.8. The van der Waals surface area contributed by atoms with Gasteiger partial charge < -0.3 is 24.1 Å². The minimum Gasteiger partial charge on any atom is -0.465 e. The Morgan fingerprint density at radius 2 is 1.77 bits per heavy atom. The normalized spacial score (nSPS) is 36.0. The lowest BCUT2D eigenvalue weighted by molar-refractivity contribution is -0.171. The van der Waals surface area contributed by atoms with E-state index >= 15 is 0 Å². The van der Waals surface area contributed by atoms with Gasteiger partial charge in [-0.1, -0.05) is 0 Å². The van der Waals surface area contributed by atoms with Crippen molar-refractivity contribution in [2.75, 3.05) is 13.2 Å². The second kappa shape index (κ2) is 6.21. The lowest BCUT2D eigenvalue weighted by Gasteiger charge is -2.38. The summed E-state index contributed by atoms with van der Waals surface area (Å²) >= 11 is 0. The smallest absolute Gasteiger partial charge is 0.302 e. The maximum atomic E-state index is 11.1. The zero-order chi connectivity index (χ0) is 16.5. The Kier molecular flexibility index (Phi) is 4.72. The predicted octanol–water partition coefficient (Wildman–Crippen LogP) is -0.437. The highest BCUT2D eigenvalue weighted by Gasteiger charge is 2.66. The first-order valence-electron chi connectivity index (χ1n) is 7.06. The zero-order valence-corrected chi connectivity index (χ0v) is 12.7. The van der Waals surface area contributed by atoms with E-state index < -0.39 is 47.7 Å². The number of carbonyl (C=O) groups excluding carboxylic acids is 3. The van der Waals surface area contributed by atoms with Gasteiger partial charge in [-0.25, -0.2) is 0 Å². The van der Waals surface area contributed by atoms with Crippen LogP contribution in [-0.4, -0.2) is 60.1 Å². The number of fused-ring (bicyclic) bond motifs is 1. The third-order valence-corrected chi connectivity index (χ3v) is 3.92. The SMILES string of the molecule is CC(=O)OC[C@H]1C[C@H](OC(C)=O)[C@H]2O[C@H]2[C@@]1(O)COC(C)=O. The van der Waals surface area contributed by atoms with Crippen molar-refractivity contribution in [3.8, 4) is 0 Å². The summed E-state index contributed by atoms with van der Waals surface area (Å²) < 4.78 is 20.5. The fourth-order valence-electron chi connectivity index (χ4n) is 2.84. The van der Waals surface area contributed by atoms with E-state index in [0.717, 1.165) is 0 Å². The van der Waals surface area contributed by atoms with Gasteiger partial charge in [-0.15, -0.1) is 0 Å². The molecule has 0 amide bonds. The monoisotopic (exact) mass is 316 g/mol. The van der Waals surface area contributed by atoms with Crippen LogP contribution < -0.4 is 0 Å². The van der Waals surface area contributed by atoms with Crippen molar-refractivity contribution in [2.45, 2.75) is 51.1 Å². The maximum absolute atomic E-state index is 11.1. The summed E-state index contributed by atoms with van der Waals surface area (Å²) in [6, 6.07) is 0. The van der Waals surface area contributed by atoms with Crippen LogP contribution in [0.1, 0.15) is 27.2 Å². The van der Waals surface area contributed by atoms with Gasteiger partial charge in [-0.05, 0) is 6.42 Å². The maximum Gasteiger partial charge on any atom is 0.302 e. The van der Waals surface area contributed by atoms with Gasteiger partial charge in [0, 0.05) is 26.7 Å². The first kappa shape index (κ1) is 16.7. The number of carbonyl (C=O) groups is 3. The molecule has 2 rings (SSSR count). The number of esters is 3. The largest absolute Gasteiger partial charge is 0.465 e. The van der Waals surface area contributed by atoms with Crippen LogP contribution in [-0.2, 0) is 33.3 Å². The van der Waals surface area contributed by atoms with Crippen molar-refractivity contribution >= 4 is 17.9 Å². The van der Waals surface area contributed by atoms with Crippen LogP contribution in [0.5, 0.6) is 0 Å². The van der Waals surface area contributed by atoms with E-state index in [9.17, 15) is 19.5 Å². The number of hydrogen-bond acceptors (Lipinski definition) is 8. The van der Waals surface area contributed by atoms with Crippen molar-refractivity contribution in [1.82, 2.24) is 0 Å². The van der Waals surface area contributed by atoms with Crippen LogP contribution in [0.3, 0.4) is 0 Å². The highest BCUT2D eigenvalue weighted by atomic mass is 16.6. The number of rotatable bonds is 5. The van der Waals surface area contributed by atoms with Gasteiger partial charge in [-0.2, -0.15) is 0 Å². The van der Waals surface area contributed by atoms with Crippen LogP contribution in [0.2, 0.25) is 0 Å². The Labute approximate surface area is 127 Å². The second-order valence-corrected chi connectivity index (χ2v) is 5.68. The van der Waals surface area contributed by atoms with E-state index in [-0.39, 0.29) is 19.6 Å². The van der Waals surface area contributed by atoms with Crippen molar-refractivity contribution in [3.63, 3.8) is 0 Å². The van der Waals surface area contributed by atoms with E-state index in [4.69, 9.17) is 18.9 Å². The molecule has 0 aromatic carbocycles. The summed E-state index contributed by atoms with van der Waals surface area (Å²) in [5.41, 5.74) is -1.47. The van der Waals surface area contributed by atoms with E-state index in [0.29, 0.717) is 0 Å². The Balaban J connectivity index is 2.11. The van der Waals surface area contributed by atoms with Gasteiger partial charge in [-0.3, -0.25) is 14.4 Å². The highest BCUT2D eigenvalue weighted by Crippen LogP contribution is 2.48. The van der Waals surface area contributed by atoms with E-state index in [1.807, 2.05) is 0 Å². The van der Waals surface area contributed by atoms with Crippen molar-refractivity contribution in [2.24, 2.45) is 5.92 Å². The minimum atomic E-state index is -1.47. The molecule has 0 spiro atoms. The van der Waals surface area contributed by atoms with Crippen LogP contribution >= 0.6 is 0 Å². The molecule has 1 saturated carbocycles. The van der Waals surface area contributed by atoms with Gasteiger partial charge in [0.15, 0.2) is 0 Å². The van der Waals surface area contributed by atoms with E-state index in [1.165, 1.54) is 20.8 Å². The Morgan fingerprint density at radius 3 is 2.32 bits per heavy atom. The molecule has 8 nitrogen and oxygen atoms in total. The standard InChI is InChI=1S/C14H20O8/c1-7(15)19-5-10-4-11(21-9(3)17)12-13(22-12)14(10,18)6-20-8(2)16/h10-13,18H,4-6H2,1-3H3/t10-,11+,12-,13-,14-/m1/s1. The molecule has 1 saturated heterocycles. The lowest BCUT2D eigenvalue weighted by atomic mass is 9.74. The van der Waals surface area contributed by atoms with Crippen LogP contribution in [0.15, 0.2) is 0 Å². The molecule has 0 radical (unpaired) electrons. The summed E-state index contributed by atoms with van der Waals surface area (Å²) in [6.07, 6.45) is -1.31. The van der Waals surface area contributed by atoms with Crippen molar-refractivity contribution in [3.05, 3.63) is 0 Å². The molecule has 0 unspecified atom stereocenters. The number of aliphatic hydroxyl groups is 1. The van der Waals surface area contributed by atoms with Crippen LogP contribution in [0, 0.1) is 5.92 Å². The van der Waals surface area contributed by atoms with Crippen LogP contribution in [0.25, 0.3) is 0 Å². The molecular formula is C14H20O8. The summed E-state index contributed by atoms with van der Waals surface area (Å²) in [7, 11) is 0. The van der Waals surface area contributed by atoms with Crippen molar-refractivity contribution in [1.29, 1.82) is 0 Å². The summed E-state index contributed by atoms with van der Waals surface area (Å²) in [6.45, 7) is 3.45. The molecule has 1 heterocycles. The van der Waals surface area contributed by atoms with E-state index in [1.54, 1.807) is 0 Å². The molecule has 0 bridgehead atoms. The Bertz CT molecular complexity index is 475. The molecule has 1 aliphatic carbocycles. The average Bonchev–Trinajstić information content (AvgIpc) is 3.19. The molecule has 22 heavy (non-hydrogen) atoms. The first-order valence-corrected chi connectivity index (χ1v) is 7.06. The number of hydrogen-bond donors (Lipinski definition) is 1. The quantitative estimate of drug-likeness (QED) is 0.413. The van der Waals surface area contributed by atoms with Crippen molar-refractivity contribution < 1.29 is 38.4 Å². The molecule has 5 atom stereocenters. The summed E-state index contributed by atoms with van der Waals surface area (Å²) in [5.74, 6) is -2.03. The van der Waals surface area contributed by atoms with Gasteiger partial charge >= 0.3 is 17.9 Å². The van der Waals surface area contributed by atoms with Gasteiger partial charge in [0.25, 0.3) is 0 Å². The third-order valence-electron chi connectivity index (χ3n) is 3.92. The van der Waals surface area contributed by atoms with E-state index in [2.05, 4.69) is 0 Å². The molecule has 2 aliphatic rings. The number of ether oxygens (including phenoxy) is 4. The third kappa shape index (κ3) is 3.56. The molecular weight excluding hydrogens is 296 g/mol. The first-order chi connectivity index (χ1) is 10.2. The Hall–Kier alpha value is -1.67. The van der Waals surface area contributed by atoms with Crippen LogP contribution in [0.4, 0.5) is 0 Å². The number of epoxide rings is 1. The molecule has 124 valence electrons. The second-order valence-electron chi connectivity index (χ2n) is 5.68. The Morgan fingerprint density at radius 1 is 1.14 bits per heavy atom.